The second kappa shape index (κ2) is 11.7. The summed E-state index contributed by atoms with van der Waals surface area (Å²) >= 11 is 5.95. The van der Waals surface area contributed by atoms with Gasteiger partial charge in [-0.25, -0.2) is 30.7 Å². The fraction of sp³-hybridized carbons (Fsp3) is 0.348. The van der Waals surface area contributed by atoms with Crippen LogP contribution in [0.1, 0.15) is 5.56 Å². The molecule has 1 fully saturated rings. The van der Waals surface area contributed by atoms with E-state index in [1.54, 1.807) is 0 Å². The lowest BCUT2D eigenvalue weighted by Gasteiger charge is -2.33. The number of amides is 2. The van der Waals surface area contributed by atoms with Gasteiger partial charge in [0.15, 0.2) is 9.84 Å². The molecule has 3 rings (SSSR count). The van der Waals surface area contributed by atoms with Gasteiger partial charge in [-0.2, -0.15) is 0 Å². The molecular weight excluding hydrogens is 562 g/mol. The molecular formula is C23H26ClN3O9S2. The highest BCUT2D eigenvalue weighted by molar-refractivity contribution is 7.91. The third kappa shape index (κ3) is 7.01. The number of carboxylic acid groups (broad SMARTS) is 1. The van der Waals surface area contributed by atoms with E-state index in [4.69, 9.17) is 16.3 Å². The largest absolute Gasteiger partial charge is 0.480 e. The molecule has 1 heterocycles. The van der Waals surface area contributed by atoms with Gasteiger partial charge in [-0.3, -0.25) is 4.79 Å². The summed E-state index contributed by atoms with van der Waals surface area (Å²) in [4.78, 5) is 38.4. The molecule has 1 unspecified atom stereocenters. The maximum Gasteiger partial charge on any atom is 0.414 e. The summed E-state index contributed by atoms with van der Waals surface area (Å²) in [7, 11) is -5.48. The van der Waals surface area contributed by atoms with Crippen LogP contribution < -0.4 is 10.1 Å². The molecule has 1 aliphatic rings. The van der Waals surface area contributed by atoms with Crippen LogP contribution in [0.15, 0.2) is 53.4 Å². The molecule has 0 spiro atoms. The van der Waals surface area contributed by atoms with Gasteiger partial charge >= 0.3 is 12.1 Å². The lowest BCUT2D eigenvalue weighted by molar-refractivity contribution is -0.146. The van der Waals surface area contributed by atoms with Crippen LogP contribution >= 0.6 is 11.6 Å². The number of aliphatic carboxylic acids is 1. The molecule has 2 atom stereocenters. The topological polar surface area (TPSA) is 167 Å². The minimum Gasteiger partial charge on any atom is -0.480 e. The Labute approximate surface area is 225 Å². The number of halogens is 1. The number of ether oxygens (including phenoxy) is 1. The Morgan fingerprint density at radius 2 is 1.82 bits per heavy atom. The van der Waals surface area contributed by atoms with E-state index in [1.807, 2.05) is 0 Å². The van der Waals surface area contributed by atoms with Crippen molar-refractivity contribution in [3.8, 4) is 5.75 Å². The predicted octanol–water partition coefficient (Wildman–Crippen LogP) is 1.00. The van der Waals surface area contributed by atoms with Gasteiger partial charge in [0.05, 0.1) is 16.4 Å². The highest BCUT2D eigenvalue weighted by Crippen LogP contribution is 2.26. The number of carbonyl (C=O) groups is 3. The number of carbonyl (C=O) groups excluding carboxylic acids is 2. The lowest BCUT2D eigenvalue weighted by atomic mass is 10.1. The molecule has 1 saturated heterocycles. The number of benzene rings is 2. The van der Waals surface area contributed by atoms with E-state index in [-0.39, 0.29) is 27.4 Å². The zero-order chi connectivity index (χ0) is 28.3. The van der Waals surface area contributed by atoms with Crippen LogP contribution in [-0.2, 0) is 35.9 Å². The van der Waals surface area contributed by atoms with Gasteiger partial charge in [0.1, 0.15) is 17.8 Å². The van der Waals surface area contributed by atoms with Crippen molar-refractivity contribution >= 4 is 49.4 Å². The average Bonchev–Trinajstić information content (AvgIpc) is 2.83. The van der Waals surface area contributed by atoms with Gasteiger partial charge in [0.2, 0.25) is 0 Å². The quantitative estimate of drug-likeness (QED) is 0.454. The lowest BCUT2D eigenvalue weighted by Crippen LogP contribution is -2.59. The summed E-state index contributed by atoms with van der Waals surface area (Å²) < 4.78 is 57.0. The normalized spacial score (nSPS) is 17.7. The summed E-state index contributed by atoms with van der Waals surface area (Å²) in [5.74, 6) is -3.63. The Morgan fingerprint density at radius 1 is 1.16 bits per heavy atom. The maximum atomic E-state index is 13.6. The molecule has 38 heavy (non-hydrogen) atoms. The van der Waals surface area contributed by atoms with Crippen molar-refractivity contribution in [2.45, 2.75) is 23.4 Å². The monoisotopic (exact) mass is 587 g/mol. The molecule has 12 nitrogen and oxygen atoms in total. The van der Waals surface area contributed by atoms with E-state index >= 15 is 0 Å². The fourth-order valence-corrected chi connectivity index (χ4v) is 6.89. The third-order valence-corrected chi connectivity index (χ3v) is 9.29. The molecule has 15 heteroatoms. The molecule has 1 aliphatic heterocycles. The van der Waals surface area contributed by atoms with Gasteiger partial charge in [0, 0.05) is 32.1 Å². The molecule has 2 N–H and O–H groups in total. The first kappa shape index (κ1) is 29.4. The Bertz CT molecular complexity index is 1430. The Hall–Kier alpha value is -3.20. The summed E-state index contributed by atoms with van der Waals surface area (Å²) in [6, 6.07) is 7.16. The van der Waals surface area contributed by atoms with Crippen molar-refractivity contribution in [3.63, 3.8) is 0 Å². The zero-order valence-corrected chi connectivity index (χ0v) is 22.8. The van der Waals surface area contributed by atoms with Crippen LogP contribution in [0.25, 0.3) is 0 Å². The van der Waals surface area contributed by atoms with Crippen molar-refractivity contribution < 1.29 is 41.1 Å². The summed E-state index contributed by atoms with van der Waals surface area (Å²) in [6.45, 7) is -0.103. The first-order valence-electron chi connectivity index (χ1n) is 11.2. The standard InChI is InChI=1S/C23H26ClN3O9S2/c1-26(2)23(31)36-17-8-6-15(7-9-17)12-20(22(29)30)27(21(28)19-14-37(32,33)11-10-25-19)38(34,35)18-5-3-4-16(24)13-18/h3-9,13,19-20,25H,10-12,14H2,1-2H3,(H,29,30)/t19?,20-/m0/s1. The molecule has 2 aromatic carbocycles. The highest BCUT2D eigenvalue weighted by atomic mass is 35.5. The molecule has 206 valence electrons. The molecule has 2 aromatic rings. The molecule has 0 aliphatic carbocycles. The number of sulfone groups is 1. The first-order valence-corrected chi connectivity index (χ1v) is 14.8. The van der Waals surface area contributed by atoms with Crippen molar-refractivity contribution in [2.24, 2.45) is 0 Å². The van der Waals surface area contributed by atoms with Crippen LogP contribution in [0, 0.1) is 0 Å². The highest BCUT2D eigenvalue weighted by Gasteiger charge is 2.44. The van der Waals surface area contributed by atoms with Crippen molar-refractivity contribution in [1.82, 2.24) is 14.5 Å². The molecule has 0 saturated carbocycles. The minimum atomic E-state index is -4.80. The molecule has 0 bridgehead atoms. The van der Waals surface area contributed by atoms with Crippen LogP contribution in [0.2, 0.25) is 5.02 Å². The maximum absolute atomic E-state index is 13.6. The van der Waals surface area contributed by atoms with Gasteiger partial charge < -0.3 is 20.1 Å². The zero-order valence-electron chi connectivity index (χ0n) is 20.4. The number of carboxylic acids is 1. The van der Waals surface area contributed by atoms with E-state index < -0.39 is 67.0 Å². The number of sulfonamides is 1. The average molecular weight is 588 g/mol. The minimum absolute atomic E-state index is 0.0339. The number of rotatable bonds is 8. The van der Waals surface area contributed by atoms with Gasteiger partial charge in [-0.05, 0) is 35.9 Å². The Balaban J connectivity index is 2.02. The predicted molar refractivity (Wildman–Crippen MR) is 137 cm³/mol. The van der Waals surface area contributed by atoms with Gasteiger partial charge in [-0.1, -0.05) is 29.8 Å². The van der Waals surface area contributed by atoms with Crippen molar-refractivity contribution in [2.75, 3.05) is 32.1 Å². The number of nitrogens with zero attached hydrogens (tertiary/aromatic N) is 2. The van der Waals surface area contributed by atoms with E-state index in [1.165, 1.54) is 55.4 Å². The Kier molecular flexibility index (Phi) is 9.02. The SMILES string of the molecule is CN(C)C(=O)Oc1ccc(C[C@@H](C(=O)O)N(C(=O)C2CS(=O)(=O)CCN2)S(=O)(=O)c2cccc(Cl)c2)cc1. The van der Waals surface area contributed by atoms with Crippen molar-refractivity contribution in [1.29, 1.82) is 0 Å². The van der Waals surface area contributed by atoms with Gasteiger partial charge in [-0.15, -0.1) is 0 Å². The summed E-state index contributed by atoms with van der Waals surface area (Å²) in [6.07, 6.45) is -1.09. The number of hydrogen-bond donors (Lipinski definition) is 2. The molecule has 0 radical (unpaired) electrons. The first-order chi connectivity index (χ1) is 17.7. The van der Waals surface area contributed by atoms with Crippen LogP contribution in [-0.4, -0.2) is 93.3 Å². The number of hydrogen-bond acceptors (Lipinski definition) is 9. The van der Waals surface area contributed by atoms with E-state index in [9.17, 15) is 36.3 Å². The summed E-state index contributed by atoms with van der Waals surface area (Å²) in [5.41, 5.74) is 0.311. The van der Waals surface area contributed by atoms with E-state index in [0.29, 0.717) is 5.56 Å². The van der Waals surface area contributed by atoms with E-state index in [0.717, 1.165) is 12.1 Å². The molecule has 0 aromatic heterocycles. The van der Waals surface area contributed by atoms with Crippen molar-refractivity contribution in [3.05, 3.63) is 59.1 Å². The fourth-order valence-electron chi connectivity index (χ4n) is 3.66. The van der Waals surface area contributed by atoms with Crippen LogP contribution in [0.5, 0.6) is 5.75 Å². The van der Waals surface area contributed by atoms with Crippen LogP contribution in [0.4, 0.5) is 4.79 Å². The molecule has 2 amide bonds. The summed E-state index contributed by atoms with van der Waals surface area (Å²) in [5, 5.41) is 12.8. The smallest absolute Gasteiger partial charge is 0.414 e. The van der Waals surface area contributed by atoms with E-state index in [2.05, 4.69) is 5.32 Å². The second-order valence-corrected chi connectivity index (χ2v) is 13.2. The Morgan fingerprint density at radius 3 is 2.37 bits per heavy atom. The van der Waals surface area contributed by atoms with Crippen LogP contribution in [0.3, 0.4) is 0 Å². The third-order valence-electron chi connectivity index (χ3n) is 5.58. The number of nitrogens with one attached hydrogen (secondary N) is 1. The van der Waals surface area contributed by atoms with Gasteiger partial charge in [0.25, 0.3) is 15.9 Å². The second-order valence-electron chi connectivity index (χ2n) is 8.68.